The Kier molecular flexibility index (Phi) is 7.91. The van der Waals surface area contributed by atoms with Crippen molar-refractivity contribution in [3.63, 3.8) is 0 Å². The third-order valence-corrected chi connectivity index (χ3v) is 5.17. The van der Waals surface area contributed by atoms with E-state index in [9.17, 15) is 32.7 Å². The molecule has 35 heavy (non-hydrogen) atoms. The van der Waals surface area contributed by atoms with Crippen molar-refractivity contribution in [3.8, 4) is 11.1 Å². The predicted molar refractivity (Wildman–Crippen MR) is 119 cm³/mol. The van der Waals surface area contributed by atoms with Crippen LogP contribution in [0, 0.1) is 0 Å². The molecule has 3 aromatic rings. The Morgan fingerprint density at radius 1 is 0.800 bits per heavy atom. The number of hydrogen-bond donors (Lipinski definition) is 0. The minimum atomic E-state index is -4.48. The van der Waals surface area contributed by atoms with Crippen molar-refractivity contribution in [1.82, 2.24) is 4.90 Å². The van der Waals surface area contributed by atoms with Crippen LogP contribution in [-0.4, -0.2) is 29.4 Å². The number of halogens is 3. The van der Waals surface area contributed by atoms with Crippen LogP contribution in [0.3, 0.4) is 0 Å². The molecule has 9 heteroatoms. The highest BCUT2D eigenvalue weighted by molar-refractivity contribution is 6.32. The number of nitrogens with zero attached hydrogens (tertiary/aromatic N) is 1. The van der Waals surface area contributed by atoms with Gasteiger partial charge in [0.25, 0.3) is 0 Å². The lowest BCUT2D eigenvalue weighted by molar-refractivity contribution is -0.255. The number of carbonyl (C=O) groups excluding carboxylic acids is 3. The monoisotopic (exact) mass is 484 g/mol. The zero-order valence-electron chi connectivity index (χ0n) is 18.7. The van der Waals surface area contributed by atoms with Gasteiger partial charge in [0.1, 0.15) is 0 Å². The molecule has 0 heterocycles. The van der Waals surface area contributed by atoms with Gasteiger partial charge in [-0.05, 0) is 46.9 Å². The fourth-order valence-electron chi connectivity index (χ4n) is 3.36. The first-order valence-corrected chi connectivity index (χ1v) is 10.6. The first-order chi connectivity index (χ1) is 16.6. The van der Waals surface area contributed by atoms with E-state index in [1.807, 2.05) is 0 Å². The highest BCUT2D eigenvalue weighted by Crippen LogP contribution is 2.29. The maximum atomic E-state index is 12.8. The molecule has 0 saturated heterocycles. The smallest absolute Gasteiger partial charge is 0.416 e. The summed E-state index contributed by atoms with van der Waals surface area (Å²) in [6.07, 6.45) is -4.48. The van der Waals surface area contributed by atoms with E-state index in [1.165, 1.54) is 29.2 Å². The fourth-order valence-corrected chi connectivity index (χ4v) is 3.36. The number of carboxylic acids is 1. The van der Waals surface area contributed by atoms with Gasteiger partial charge in [-0.25, -0.2) is 4.79 Å². The average Bonchev–Trinajstić information content (AvgIpc) is 2.83. The number of amides is 1. The summed E-state index contributed by atoms with van der Waals surface area (Å²) in [5, 5.41) is 10.9. The van der Waals surface area contributed by atoms with Gasteiger partial charge < -0.3 is 19.5 Å². The number of alkyl halides is 3. The molecule has 0 atom stereocenters. The van der Waals surface area contributed by atoms with Crippen molar-refractivity contribution in [2.24, 2.45) is 0 Å². The molecule has 0 aliphatic rings. The van der Waals surface area contributed by atoms with Crippen LogP contribution in [0.1, 0.15) is 34.0 Å². The maximum absolute atomic E-state index is 12.8. The maximum Gasteiger partial charge on any atom is 0.416 e. The average molecular weight is 484 g/mol. The SMILES string of the molecule is CCOC(=O)C(=O)N(Cc1ccc(-c2ccc(C(=O)[O-])cc2)cc1)Cc1ccc(C(F)(F)F)cc1. The summed E-state index contributed by atoms with van der Waals surface area (Å²) in [7, 11) is 0. The van der Waals surface area contributed by atoms with Gasteiger partial charge in [-0.1, -0.05) is 60.7 Å². The van der Waals surface area contributed by atoms with Gasteiger partial charge >= 0.3 is 18.1 Å². The van der Waals surface area contributed by atoms with E-state index in [0.717, 1.165) is 23.3 Å². The molecule has 1 amide bonds. The third kappa shape index (κ3) is 6.69. The van der Waals surface area contributed by atoms with E-state index >= 15 is 0 Å². The van der Waals surface area contributed by atoms with E-state index < -0.39 is 29.6 Å². The Balaban J connectivity index is 1.79. The molecule has 182 valence electrons. The van der Waals surface area contributed by atoms with E-state index in [1.54, 1.807) is 43.3 Å². The summed E-state index contributed by atoms with van der Waals surface area (Å²) in [5.74, 6) is -3.23. The molecular formula is C26H21F3NO5-. The second-order valence-corrected chi connectivity index (χ2v) is 7.64. The number of carboxylic acid groups (broad SMARTS) is 1. The van der Waals surface area contributed by atoms with E-state index in [2.05, 4.69) is 0 Å². The van der Waals surface area contributed by atoms with Gasteiger partial charge in [0.05, 0.1) is 18.1 Å². The van der Waals surface area contributed by atoms with E-state index in [4.69, 9.17) is 4.74 Å². The van der Waals surface area contributed by atoms with Gasteiger partial charge in [-0.3, -0.25) is 4.79 Å². The quantitative estimate of drug-likeness (QED) is 0.376. The Morgan fingerprint density at radius 3 is 1.69 bits per heavy atom. The molecule has 3 rings (SSSR count). The fraction of sp³-hybridized carbons (Fsp3) is 0.192. The molecule has 0 aromatic heterocycles. The molecule has 0 fully saturated rings. The van der Waals surface area contributed by atoms with Crippen molar-refractivity contribution >= 4 is 17.8 Å². The molecule has 3 aromatic carbocycles. The molecular weight excluding hydrogens is 463 g/mol. The lowest BCUT2D eigenvalue weighted by Gasteiger charge is -2.22. The van der Waals surface area contributed by atoms with Gasteiger partial charge in [-0.15, -0.1) is 0 Å². The summed E-state index contributed by atoms with van der Waals surface area (Å²) < 4.78 is 43.3. The summed E-state index contributed by atoms with van der Waals surface area (Å²) in [5.41, 5.74) is 1.90. The molecule has 6 nitrogen and oxygen atoms in total. The number of ether oxygens (including phenoxy) is 1. The Morgan fingerprint density at radius 2 is 1.26 bits per heavy atom. The molecule has 0 spiro atoms. The normalized spacial score (nSPS) is 11.1. The first kappa shape index (κ1) is 25.5. The molecule has 0 aliphatic heterocycles. The molecule has 0 unspecified atom stereocenters. The van der Waals surface area contributed by atoms with E-state index in [-0.39, 0.29) is 25.3 Å². The highest BCUT2D eigenvalue weighted by atomic mass is 19.4. The van der Waals surface area contributed by atoms with Crippen molar-refractivity contribution < 1.29 is 37.4 Å². The van der Waals surface area contributed by atoms with Gasteiger partial charge in [0.15, 0.2) is 0 Å². The molecule has 0 N–H and O–H groups in total. The van der Waals surface area contributed by atoms with Crippen LogP contribution in [0.4, 0.5) is 13.2 Å². The summed E-state index contributed by atoms with van der Waals surface area (Å²) in [6, 6.07) is 17.5. The lowest BCUT2D eigenvalue weighted by atomic mass is 10.0. The topological polar surface area (TPSA) is 86.7 Å². The van der Waals surface area contributed by atoms with Crippen LogP contribution in [0.15, 0.2) is 72.8 Å². The molecule has 0 saturated carbocycles. The Bertz CT molecular complexity index is 1190. The Labute approximate surface area is 199 Å². The summed E-state index contributed by atoms with van der Waals surface area (Å²) in [6.45, 7) is 1.48. The van der Waals surface area contributed by atoms with Crippen LogP contribution in [0.25, 0.3) is 11.1 Å². The second-order valence-electron chi connectivity index (χ2n) is 7.64. The van der Waals surface area contributed by atoms with Gasteiger partial charge in [-0.2, -0.15) is 13.2 Å². The van der Waals surface area contributed by atoms with Crippen LogP contribution in [0.2, 0.25) is 0 Å². The zero-order chi connectivity index (χ0) is 25.6. The number of carbonyl (C=O) groups is 3. The van der Waals surface area contributed by atoms with Gasteiger partial charge in [0.2, 0.25) is 0 Å². The van der Waals surface area contributed by atoms with Crippen LogP contribution >= 0.6 is 0 Å². The zero-order valence-corrected chi connectivity index (χ0v) is 18.7. The largest absolute Gasteiger partial charge is 0.545 e. The van der Waals surface area contributed by atoms with Crippen LogP contribution in [-0.2, 0) is 33.6 Å². The van der Waals surface area contributed by atoms with Gasteiger partial charge in [0, 0.05) is 13.1 Å². The molecule has 0 radical (unpaired) electrons. The molecule has 0 aliphatic carbocycles. The van der Waals surface area contributed by atoms with Crippen LogP contribution in [0.5, 0.6) is 0 Å². The summed E-state index contributed by atoms with van der Waals surface area (Å²) in [4.78, 5) is 36.8. The Hall–Kier alpha value is -4.14. The summed E-state index contributed by atoms with van der Waals surface area (Å²) >= 11 is 0. The number of hydrogen-bond acceptors (Lipinski definition) is 5. The highest BCUT2D eigenvalue weighted by Gasteiger charge is 2.30. The molecule has 0 bridgehead atoms. The third-order valence-electron chi connectivity index (χ3n) is 5.17. The van der Waals surface area contributed by atoms with Crippen molar-refractivity contribution in [2.45, 2.75) is 26.2 Å². The number of esters is 1. The second kappa shape index (κ2) is 10.9. The van der Waals surface area contributed by atoms with E-state index in [0.29, 0.717) is 11.1 Å². The van der Waals surface area contributed by atoms with Crippen molar-refractivity contribution in [2.75, 3.05) is 6.61 Å². The van der Waals surface area contributed by atoms with Crippen molar-refractivity contribution in [3.05, 3.63) is 95.1 Å². The van der Waals surface area contributed by atoms with Crippen molar-refractivity contribution in [1.29, 1.82) is 0 Å². The predicted octanol–water partition coefficient (Wildman–Crippen LogP) is 3.83. The first-order valence-electron chi connectivity index (χ1n) is 10.6. The lowest BCUT2D eigenvalue weighted by Crippen LogP contribution is -2.36. The standard InChI is InChI=1S/C26H22F3NO5/c1-2-35-25(34)23(31)30(16-18-5-13-22(14-6-18)26(27,28)29)15-17-3-7-19(8-4-17)20-9-11-21(12-10-20)24(32)33/h3-14H,2,15-16H2,1H3,(H,32,33)/p-1. The van der Waals surface area contributed by atoms with Crippen LogP contribution < -0.4 is 5.11 Å². The number of aromatic carboxylic acids is 1. The number of rotatable bonds is 7. The minimum absolute atomic E-state index is 0.00409. The number of benzene rings is 3. The minimum Gasteiger partial charge on any atom is -0.545 e.